The Hall–Kier alpha value is -1.12. The van der Waals surface area contributed by atoms with E-state index >= 15 is 0 Å². The lowest BCUT2D eigenvalue weighted by Gasteiger charge is -2.02. The molecule has 0 aliphatic rings. The topological polar surface area (TPSA) is 35.2 Å². The van der Waals surface area contributed by atoms with E-state index in [9.17, 15) is 0 Å². The van der Waals surface area contributed by atoms with E-state index in [1.165, 1.54) is 0 Å². The smallest absolute Gasteiger partial charge is 0.369 e. The van der Waals surface area contributed by atoms with Gasteiger partial charge in [0.15, 0.2) is 0 Å². The van der Waals surface area contributed by atoms with Crippen LogP contribution in [0.4, 0.5) is 5.69 Å². The zero-order valence-electron chi connectivity index (χ0n) is 6.58. The van der Waals surface area contributed by atoms with Crippen LogP contribution in [0.2, 0.25) is 6.32 Å². The second-order valence-corrected chi connectivity index (χ2v) is 2.26. The van der Waals surface area contributed by atoms with Crippen molar-refractivity contribution in [2.75, 3.05) is 5.73 Å². The molecule has 0 heterocycles. The molecule has 2 nitrogen and oxygen atoms in total. The van der Waals surface area contributed by atoms with Crippen molar-refractivity contribution in [1.82, 2.24) is 0 Å². The van der Waals surface area contributed by atoms with Crippen molar-refractivity contribution in [3.05, 3.63) is 24.3 Å². The van der Waals surface area contributed by atoms with Crippen LogP contribution >= 0.6 is 0 Å². The second kappa shape index (κ2) is 3.91. The Kier molecular flexibility index (Phi) is 2.84. The predicted octanol–water partition coefficient (Wildman–Crippen LogP) is 1.70. The summed E-state index contributed by atoms with van der Waals surface area (Å²) in [7, 11) is 1.76. The summed E-state index contributed by atoms with van der Waals surface area (Å²) in [5, 5.41) is 0. The van der Waals surface area contributed by atoms with Crippen molar-refractivity contribution in [2.24, 2.45) is 0 Å². The SMILES string of the molecule is CC[B]Oc1ccc(N)cc1. The molecule has 0 aromatic heterocycles. The van der Waals surface area contributed by atoms with Crippen molar-refractivity contribution < 1.29 is 4.65 Å². The van der Waals surface area contributed by atoms with Gasteiger partial charge < -0.3 is 10.4 Å². The number of nitrogen functional groups attached to an aromatic ring is 1. The monoisotopic (exact) mass is 148 g/mol. The first-order valence-corrected chi connectivity index (χ1v) is 3.67. The maximum atomic E-state index is 5.49. The van der Waals surface area contributed by atoms with Gasteiger partial charge >= 0.3 is 7.48 Å². The standard InChI is InChI=1S/C8H11BNO/c1-2-9-11-8-5-3-7(10)4-6-8/h3-6H,2,10H2,1H3. The first-order chi connectivity index (χ1) is 5.33. The highest BCUT2D eigenvalue weighted by molar-refractivity contribution is 6.28. The van der Waals surface area contributed by atoms with E-state index in [0.29, 0.717) is 0 Å². The van der Waals surface area contributed by atoms with Gasteiger partial charge in [-0.05, 0) is 30.6 Å². The lowest BCUT2D eigenvalue weighted by Crippen LogP contribution is -1.98. The maximum absolute atomic E-state index is 5.49. The molecule has 3 heteroatoms. The maximum Gasteiger partial charge on any atom is 0.369 e. The number of anilines is 1. The average molecular weight is 148 g/mol. The molecule has 2 N–H and O–H groups in total. The third kappa shape index (κ3) is 2.54. The van der Waals surface area contributed by atoms with Gasteiger partial charge in [-0.25, -0.2) is 0 Å². The third-order valence-electron chi connectivity index (χ3n) is 1.27. The minimum Gasteiger partial charge on any atom is -0.563 e. The molecule has 0 saturated heterocycles. The van der Waals surface area contributed by atoms with Gasteiger partial charge in [-0.1, -0.05) is 6.92 Å². The number of rotatable bonds is 3. The van der Waals surface area contributed by atoms with Crippen LogP contribution in [-0.4, -0.2) is 7.48 Å². The summed E-state index contributed by atoms with van der Waals surface area (Å²) in [4.78, 5) is 0. The molecule has 11 heavy (non-hydrogen) atoms. The van der Waals surface area contributed by atoms with Crippen molar-refractivity contribution in [3.63, 3.8) is 0 Å². The molecule has 1 radical (unpaired) electrons. The third-order valence-corrected chi connectivity index (χ3v) is 1.27. The van der Waals surface area contributed by atoms with Crippen molar-refractivity contribution in [3.8, 4) is 5.75 Å². The van der Waals surface area contributed by atoms with E-state index < -0.39 is 0 Å². The zero-order chi connectivity index (χ0) is 8.10. The number of hydrogen-bond acceptors (Lipinski definition) is 2. The predicted molar refractivity (Wildman–Crippen MR) is 47.7 cm³/mol. The summed E-state index contributed by atoms with van der Waals surface area (Å²) in [6.07, 6.45) is 0.907. The number of benzene rings is 1. The molecule has 0 bridgehead atoms. The van der Waals surface area contributed by atoms with Gasteiger partial charge in [-0.15, -0.1) is 0 Å². The lowest BCUT2D eigenvalue weighted by molar-refractivity contribution is 0.594. The molecule has 0 amide bonds. The zero-order valence-corrected chi connectivity index (χ0v) is 6.58. The van der Waals surface area contributed by atoms with Gasteiger partial charge in [0.2, 0.25) is 0 Å². The molecule has 0 atom stereocenters. The van der Waals surface area contributed by atoms with Crippen LogP contribution in [-0.2, 0) is 0 Å². The van der Waals surface area contributed by atoms with E-state index in [1.54, 1.807) is 7.48 Å². The van der Waals surface area contributed by atoms with Crippen molar-refractivity contribution in [2.45, 2.75) is 13.2 Å². The minimum absolute atomic E-state index is 0.758. The summed E-state index contributed by atoms with van der Waals surface area (Å²) in [6.45, 7) is 2.03. The molecule has 1 aromatic rings. The van der Waals surface area contributed by atoms with Crippen LogP contribution in [0, 0.1) is 0 Å². The van der Waals surface area contributed by atoms with E-state index in [2.05, 4.69) is 0 Å². The van der Waals surface area contributed by atoms with Gasteiger partial charge in [0.05, 0.1) is 5.75 Å². The molecule has 0 fully saturated rings. The molecule has 0 saturated carbocycles. The molecule has 0 unspecified atom stereocenters. The highest BCUT2D eigenvalue weighted by atomic mass is 16.4. The quantitative estimate of drug-likeness (QED) is 0.522. The summed E-state index contributed by atoms with van der Waals surface area (Å²) < 4.78 is 5.23. The Balaban J connectivity index is 2.52. The van der Waals surface area contributed by atoms with Crippen LogP contribution in [0.1, 0.15) is 6.92 Å². The molecular weight excluding hydrogens is 137 g/mol. The van der Waals surface area contributed by atoms with Gasteiger partial charge in [0, 0.05) is 5.69 Å². The van der Waals surface area contributed by atoms with E-state index in [0.717, 1.165) is 17.8 Å². The Bertz CT molecular complexity index is 210. The minimum atomic E-state index is 0.758. The number of nitrogens with two attached hydrogens (primary N) is 1. The highest BCUT2D eigenvalue weighted by Crippen LogP contribution is 2.12. The molecule has 1 aromatic carbocycles. The molecule has 0 aliphatic heterocycles. The first-order valence-electron chi connectivity index (χ1n) is 3.67. The van der Waals surface area contributed by atoms with Crippen LogP contribution in [0.3, 0.4) is 0 Å². The lowest BCUT2D eigenvalue weighted by atomic mass is 9.97. The van der Waals surface area contributed by atoms with Crippen LogP contribution in [0.5, 0.6) is 5.75 Å². The average Bonchev–Trinajstić information content (AvgIpc) is 2.04. The highest BCUT2D eigenvalue weighted by Gasteiger charge is 1.92. The summed E-state index contributed by atoms with van der Waals surface area (Å²) in [5.74, 6) is 0.834. The van der Waals surface area contributed by atoms with E-state index in [4.69, 9.17) is 10.4 Å². The van der Waals surface area contributed by atoms with Crippen LogP contribution in [0.25, 0.3) is 0 Å². The summed E-state index contributed by atoms with van der Waals surface area (Å²) in [5.41, 5.74) is 6.25. The van der Waals surface area contributed by atoms with Crippen molar-refractivity contribution >= 4 is 13.2 Å². The van der Waals surface area contributed by atoms with Crippen LogP contribution < -0.4 is 10.4 Å². The fourth-order valence-electron chi connectivity index (χ4n) is 0.726. The number of hydrogen-bond donors (Lipinski definition) is 1. The summed E-state index contributed by atoms with van der Waals surface area (Å²) in [6, 6.07) is 7.33. The fourth-order valence-corrected chi connectivity index (χ4v) is 0.726. The van der Waals surface area contributed by atoms with Gasteiger partial charge in [0.1, 0.15) is 0 Å². The van der Waals surface area contributed by atoms with Crippen LogP contribution in [0.15, 0.2) is 24.3 Å². The summed E-state index contributed by atoms with van der Waals surface area (Å²) >= 11 is 0. The molecular formula is C8H11BNO. The second-order valence-electron chi connectivity index (χ2n) is 2.26. The van der Waals surface area contributed by atoms with E-state index in [-0.39, 0.29) is 0 Å². The molecule has 57 valence electrons. The van der Waals surface area contributed by atoms with Crippen molar-refractivity contribution in [1.29, 1.82) is 0 Å². The normalized spacial score (nSPS) is 9.18. The fraction of sp³-hybridized carbons (Fsp3) is 0.250. The first kappa shape index (κ1) is 7.99. The molecule has 0 spiro atoms. The van der Waals surface area contributed by atoms with Gasteiger partial charge in [-0.3, -0.25) is 0 Å². The van der Waals surface area contributed by atoms with Gasteiger partial charge in [0.25, 0.3) is 0 Å². The molecule has 0 aliphatic carbocycles. The van der Waals surface area contributed by atoms with Gasteiger partial charge in [-0.2, -0.15) is 0 Å². The largest absolute Gasteiger partial charge is 0.563 e. The Labute approximate surface area is 67.6 Å². The van der Waals surface area contributed by atoms with E-state index in [1.807, 2.05) is 31.2 Å². The Morgan fingerprint density at radius 3 is 2.55 bits per heavy atom. The Morgan fingerprint density at radius 2 is 2.00 bits per heavy atom. The Morgan fingerprint density at radius 1 is 1.36 bits per heavy atom. The molecule has 1 rings (SSSR count).